The van der Waals surface area contributed by atoms with Crippen LogP contribution < -0.4 is 5.32 Å². The van der Waals surface area contributed by atoms with E-state index >= 15 is 0 Å². The standard InChI is InChI=1S/C11H12F3N5/c1-3-15-8-4-9(19-6-7(2)5-16-19)18-10(17-8)11(12,13)14/h4-6H,3H2,1-2H3,(H,15,17,18). The highest BCUT2D eigenvalue weighted by Crippen LogP contribution is 2.27. The normalized spacial score (nSPS) is 11.6. The number of rotatable bonds is 3. The molecule has 2 rings (SSSR count). The average Bonchev–Trinajstić information content (AvgIpc) is 2.75. The molecule has 2 aromatic rings. The topological polar surface area (TPSA) is 55.6 Å². The fourth-order valence-electron chi connectivity index (χ4n) is 1.49. The fraction of sp³-hybridized carbons (Fsp3) is 0.364. The van der Waals surface area contributed by atoms with Crippen LogP contribution in [0.4, 0.5) is 19.0 Å². The lowest BCUT2D eigenvalue weighted by Gasteiger charge is -2.10. The zero-order chi connectivity index (χ0) is 14.0. The smallest absolute Gasteiger partial charge is 0.370 e. The molecule has 0 saturated carbocycles. The summed E-state index contributed by atoms with van der Waals surface area (Å²) in [6.07, 6.45) is -1.46. The van der Waals surface area contributed by atoms with Gasteiger partial charge in [0.05, 0.1) is 6.20 Å². The summed E-state index contributed by atoms with van der Waals surface area (Å²) in [5.41, 5.74) is 0.831. The minimum atomic E-state index is -4.59. The summed E-state index contributed by atoms with van der Waals surface area (Å²) in [6, 6.07) is 1.42. The second-order valence-electron chi connectivity index (χ2n) is 3.93. The number of aryl methyl sites for hydroxylation is 1. The SMILES string of the molecule is CCNc1cc(-n2cc(C)cn2)nc(C(F)(F)F)n1. The summed E-state index contributed by atoms with van der Waals surface area (Å²) in [7, 11) is 0. The summed E-state index contributed by atoms with van der Waals surface area (Å²) >= 11 is 0. The van der Waals surface area contributed by atoms with Crippen LogP contribution in [0, 0.1) is 6.92 Å². The van der Waals surface area contributed by atoms with E-state index in [1.807, 2.05) is 0 Å². The Morgan fingerprint density at radius 1 is 1.32 bits per heavy atom. The van der Waals surface area contributed by atoms with Crippen LogP contribution in [0.2, 0.25) is 0 Å². The van der Waals surface area contributed by atoms with Crippen LogP contribution >= 0.6 is 0 Å². The first-order valence-electron chi connectivity index (χ1n) is 5.62. The molecule has 0 aliphatic carbocycles. The third-order valence-electron chi connectivity index (χ3n) is 2.27. The van der Waals surface area contributed by atoms with Crippen LogP contribution in [0.25, 0.3) is 5.82 Å². The Kier molecular flexibility index (Phi) is 3.41. The molecular formula is C11H12F3N5. The number of nitrogens with one attached hydrogen (secondary N) is 1. The zero-order valence-corrected chi connectivity index (χ0v) is 10.4. The first-order chi connectivity index (χ1) is 8.90. The number of hydrogen-bond acceptors (Lipinski definition) is 4. The molecule has 1 N–H and O–H groups in total. The van der Waals surface area contributed by atoms with Crippen LogP contribution in [-0.2, 0) is 6.18 Å². The second-order valence-corrected chi connectivity index (χ2v) is 3.93. The summed E-state index contributed by atoms with van der Waals surface area (Å²) in [5, 5.41) is 6.69. The highest BCUT2D eigenvalue weighted by atomic mass is 19.4. The fourth-order valence-corrected chi connectivity index (χ4v) is 1.49. The van der Waals surface area contributed by atoms with Gasteiger partial charge < -0.3 is 5.32 Å². The summed E-state index contributed by atoms with van der Waals surface area (Å²) in [5.74, 6) is -0.992. The van der Waals surface area contributed by atoms with Gasteiger partial charge in [-0.15, -0.1) is 0 Å². The predicted octanol–water partition coefficient (Wildman–Crippen LogP) is 2.42. The Labute approximate surface area is 107 Å². The van der Waals surface area contributed by atoms with E-state index < -0.39 is 12.0 Å². The molecule has 0 aromatic carbocycles. The second kappa shape index (κ2) is 4.87. The van der Waals surface area contributed by atoms with E-state index in [1.165, 1.54) is 10.7 Å². The van der Waals surface area contributed by atoms with Crippen molar-refractivity contribution in [1.82, 2.24) is 19.7 Å². The Balaban J connectivity index is 2.51. The highest BCUT2D eigenvalue weighted by Gasteiger charge is 2.35. The lowest BCUT2D eigenvalue weighted by Crippen LogP contribution is -2.15. The molecule has 0 spiro atoms. The van der Waals surface area contributed by atoms with Crippen LogP contribution in [-0.4, -0.2) is 26.3 Å². The van der Waals surface area contributed by atoms with E-state index in [4.69, 9.17) is 0 Å². The quantitative estimate of drug-likeness (QED) is 0.931. The lowest BCUT2D eigenvalue weighted by atomic mass is 10.4. The summed E-state index contributed by atoms with van der Waals surface area (Å²) in [4.78, 5) is 6.93. The van der Waals surface area contributed by atoms with Crippen LogP contribution in [0.3, 0.4) is 0 Å². The van der Waals surface area contributed by atoms with Crippen molar-refractivity contribution < 1.29 is 13.2 Å². The molecule has 0 bridgehead atoms. The van der Waals surface area contributed by atoms with Crippen LogP contribution in [0.1, 0.15) is 18.3 Å². The van der Waals surface area contributed by atoms with E-state index in [-0.39, 0.29) is 11.6 Å². The van der Waals surface area contributed by atoms with Crippen molar-refractivity contribution in [3.63, 3.8) is 0 Å². The molecule has 5 nitrogen and oxygen atoms in total. The summed E-state index contributed by atoms with van der Waals surface area (Å²) < 4.78 is 39.5. The molecule has 0 aliphatic heterocycles. The molecule has 2 heterocycles. The molecule has 2 aromatic heterocycles. The maximum absolute atomic E-state index is 12.7. The number of anilines is 1. The van der Waals surface area contributed by atoms with Crippen molar-refractivity contribution in [3.05, 3.63) is 29.8 Å². The molecular weight excluding hydrogens is 259 g/mol. The molecule has 0 amide bonds. The minimum Gasteiger partial charge on any atom is -0.370 e. The average molecular weight is 271 g/mol. The molecule has 0 saturated heterocycles. The molecule has 102 valence electrons. The van der Waals surface area contributed by atoms with E-state index in [0.717, 1.165) is 5.56 Å². The van der Waals surface area contributed by atoms with E-state index in [2.05, 4.69) is 20.4 Å². The van der Waals surface area contributed by atoms with E-state index in [0.29, 0.717) is 6.54 Å². The van der Waals surface area contributed by atoms with Crippen LogP contribution in [0.15, 0.2) is 18.5 Å². The first-order valence-corrected chi connectivity index (χ1v) is 5.62. The van der Waals surface area contributed by atoms with Crippen molar-refractivity contribution in [2.75, 3.05) is 11.9 Å². The van der Waals surface area contributed by atoms with Crippen molar-refractivity contribution in [2.24, 2.45) is 0 Å². The van der Waals surface area contributed by atoms with Gasteiger partial charge in [0.2, 0.25) is 5.82 Å². The molecule has 0 fully saturated rings. The molecule has 19 heavy (non-hydrogen) atoms. The number of nitrogens with zero attached hydrogens (tertiary/aromatic N) is 4. The number of hydrogen-bond donors (Lipinski definition) is 1. The molecule has 0 radical (unpaired) electrons. The van der Waals surface area contributed by atoms with Gasteiger partial charge in [0, 0.05) is 18.8 Å². The van der Waals surface area contributed by atoms with Gasteiger partial charge >= 0.3 is 6.18 Å². The van der Waals surface area contributed by atoms with E-state index in [1.54, 1.807) is 26.2 Å². The van der Waals surface area contributed by atoms with Gasteiger partial charge in [0.1, 0.15) is 5.82 Å². The van der Waals surface area contributed by atoms with Gasteiger partial charge in [-0.25, -0.2) is 14.6 Å². The van der Waals surface area contributed by atoms with Gasteiger partial charge in [-0.05, 0) is 19.4 Å². The van der Waals surface area contributed by atoms with Crippen molar-refractivity contribution in [3.8, 4) is 5.82 Å². The molecule has 8 heteroatoms. The van der Waals surface area contributed by atoms with Crippen LogP contribution in [0.5, 0.6) is 0 Å². The van der Waals surface area contributed by atoms with Gasteiger partial charge in [0.25, 0.3) is 0 Å². The van der Waals surface area contributed by atoms with Gasteiger partial charge in [-0.1, -0.05) is 0 Å². The number of alkyl halides is 3. The zero-order valence-electron chi connectivity index (χ0n) is 10.4. The Morgan fingerprint density at radius 2 is 2.05 bits per heavy atom. The van der Waals surface area contributed by atoms with Crippen molar-refractivity contribution >= 4 is 5.82 Å². The van der Waals surface area contributed by atoms with Crippen molar-refractivity contribution in [2.45, 2.75) is 20.0 Å². The summed E-state index contributed by atoms with van der Waals surface area (Å²) in [6.45, 7) is 4.03. The Morgan fingerprint density at radius 3 is 2.58 bits per heavy atom. The largest absolute Gasteiger partial charge is 0.451 e. The lowest BCUT2D eigenvalue weighted by molar-refractivity contribution is -0.144. The molecule has 0 unspecified atom stereocenters. The number of aromatic nitrogens is 4. The maximum atomic E-state index is 12.7. The Bertz CT molecular complexity index is 576. The highest BCUT2D eigenvalue weighted by molar-refractivity contribution is 5.41. The molecule has 0 atom stereocenters. The third-order valence-corrected chi connectivity index (χ3v) is 2.27. The van der Waals surface area contributed by atoms with E-state index in [9.17, 15) is 13.2 Å². The number of halogens is 3. The maximum Gasteiger partial charge on any atom is 0.451 e. The first kappa shape index (κ1) is 13.3. The third kappa shape index (κ3) is 3.01. The van der Waals surface area contributed by atoms with Gasteiger partial charge in [-0.3, -0.25) is 0 Å². The van der Waals surface area contributed by atoms with Gasteiger partial charge in [-0.2, -0.15) is 18.3 Å². The predicted molar refractivity (Wildman–Crippen MR) is 63.1 cm³/mol. The minimum absolute atomic E-state index is 0.0753. The molecule has 0 aliphatic rings. The monoisotopic (exact) mass is 271 g/mol. The Hall–Kier alpha value is -2.12. The van der Waals surface area contributed by atoms with Gasteiger partial charge in [0.15, 0.2) is 5.82 Å². The van der Waals surface area contributed by atoms with Crippen molar-refractivity contribution in [1.29, 1.82) is 0 Å².